The summed E-state index contributed by atoms with van der Waals surface area (Å²) in [7, 11) is 1.67. The van der Waals surface area contributed by atoms with Crippen LogP contribution in [0, 0.1) is 0 Å². The second-order valence-electron chi connectivity index (χ2n) is 4.91. The number of hydrogen-bond donors (Lipinski definition) is 1. The van der Waals surface area contributed by atoms with Gasteiger partial charge in [0.2, 0.25) is 0 Å². The van der Waals surface area contributed by atoms with Gasteiger partial charge < -0.3 is 15.0 Å². The third-order valence-electron chi connectivity index (χ3n) is 3.58. The third kappa shape index (κ3) is 5.70. The summed E-state index contributed by atoms with van der Waals surface area (Å²) in [6.45, 7) is 6.86. The molecule has 0 saturated carbocycles. The quantitative estimate of drug-likeness (QED) is 0.470. The fraction of sp³-hybridized carbons (Fsp3) is 0.923. The van der Waals surface area contributed by atoms with E-state index < -0.39 is 12.2 Å². The van der Waals surface area contributed by atoms with Crippen LogP contribution in [0.4, 0.5) is 13.2 Å². The van der Waals surface area contributed by atoms with Gasteiger partial charge in [0.1, 0.15) is 6.04 Å². The molecule has 8 heteroatoms. The molecule has 1 heterocycles. The van der Waals surface area contributed by atoms with E-state index in [9.17, 15) is 13.2 Å². The van der Waals surface area contributed by atoms with Crippen LogP contribution in [0.5, 0.6) is 0 Å². The number of ether oxygens (including phenoxy) is 1. The number of alkyl halides is 3. The van der Waals surface area contributed by atoms with E-state index in [0.29, 0.717) is 51.9 Å². The van der Waals surface area contributed by atoms with Crippen LogP contribution < -0.4 is 5.32 Å². The molecule has 0 aromatic rings. The molecule has 124 valence electrons. The van der Waals surface area contributed by atoms with Crippen molar-refractivity contribution in [2.75, 3.05) is 53.0 Å². The number of guanidine groups is 1. The molecule has 1 atom stereocenters. The highest BCUT2D eigenvalue weighted by molar-refractivity contribution is 5.79. The molecule has 0 aliphatic carbocycles. The predicted octanol–water partition coefficient (Wildman–Crippen LogP) is 1.17. The van der Waals surface area contributed by atoms with E-state index in [2.05, 4.69) is 10.3 Å². The minimum absolute atomic E-state index is 0.382. The van der Waals surface area contributed by atoms with E-state index in [0.717, 1.165) is 0 Å². The van der Waals surface area contributed by atoms with Gasteiger partial charge in [0.25, 0.3) is 0 Å². The third-order valence-corrected chi connectivity index (χ3v) is 3.58. The summed E-state index contributed by atoms with van der Waals surface area (Å²) in [4.78, 5) is 7.60. The van der Waals surface area contributed by atoms with E-state index in [1.165, 1.54) is 11.8 Å². The topological polar surface area (TPSA) is 40.1 Å². The number of nitrogens with zero attached hydrogens (tertiary/aromatic N) is 3. The molecule has 0 radical (unpaired) electrons. The standard InChI is InChI=1S/C13H25F3N4O/c1-4-21-10-5-18-12(17-3)20-8-6-19(7-9-20)11(2)13(14,15)16/h11H,4-10H2,1-3H3,(H,17,18). The molecule has 0 amide bonds. The largest absolute Gasteiger partial charge is 0.403 e. The van der Waals surface area contributed by atoms with Crippen molar-refractivity contribution < 1.29 is 17.9 Å². The molecular formula is C13H25F3N4O. The van der Waals surface area contributed by atoms with Crippen molar-refractivity contribution in [2.45, 2.75) is 26.1 Å². The van der Waals surface area contributed by atoms with Gasteiger partial charge in [-0.3, -0.25) is 9.89 Å². The number of hydrogen-bond acceptors (Lipinski definition) is 3. The molecule has 1 aliphatic rings. The van der Waals surface area contributed by atoms with Crippen LogP contribution in [0.3, 0.4) is 0 Å². The summed E-state index contributed by atoms with van der Waals surface area (Å²) in [5.74, 6) is 0.717. The minimum Gasteiger partial charge on any atom is -0.380 e. The molecule has 21 heavy (non-hydrogen) atoms. The fourth-order valence-corrected chi connectivity index (χ4v) is 2.24. The molecule has 0 aromatic carbocycles. The molecule has 1 unspecified atom stereocenters. The number of piperazine rings is 1. The maximum Gasteiger partial charge on any atom is 0.403 e. The summed E-state index contributed by atoms with van der Waals surface area (Å²) >= 11 is 0. The predicted molar refractivity (Wildman–Crippen MR) is 76.5 cm³/mol. The molecule has 1 saturated heterocycles. The van der Waals surface area contributed by atoms with E-state index in [1.54, 1.807) is 7.05 Å². The molecule has 5 nitrogen and oxygen atoms in total. The van der Waals surface area contributed by atoms with Gasteiger partial charge in [0.05, 0.1) is 6.61 Å². The zero-order chi connectivity index (χ0) is 15.9. The Kier molecular flexibility index (Phi) is 7.24. The van der Waals surface area contributed by atoms with Crippen LogP contribution in [0.2, 0.25) is 0 Å². The second-order valence-corrected chi connectivity index (χ2v) is 4.91. The van der Waals surface area contributed by atoms with Gasteiger partial charge in [-0.2, -0.15) is 13.2 Å². The van der Waals surface area contributed by atoms with Crippen LogP contribution in [0.1, 0.15) is 13.8 Å². The maximum atomic E-state index is 12.7. The summed E-state index contributed by atoms with van der Waals surface area (Å²) in [6, 6.07) is -1.40. The van der Waals surface area contributed by atoms with Crippen molar-refractivity contribution in [3.63, 3.8) is 0 Å². The maximum absolute atomic E-state index is 12.7. The van der Waals surface area contributed by atoms with Crippen molar-refractivity contribution in [1.29, 1.82) is 0 Å². The lowest BCUT2D eigenvalue weighted by molar-refractivity contribution is -0.181. The van der Waals surface area contributed by atoms with Crippen molar-refractivity contribution >= 4 is 5.96 Å². The smallest absolute Gasteiger partial charge is 0.380 e. The normalized spacial score (nSPS) is 19.7. The molecule has 1 N–H and O–H groups in total. The fourth-order valence-electron chi connectivity index (χ4n) is 2.24. The monoisotopic (exact) mass is 310 g/mol. The highest BCUT2D eigenvalue weighted by atomic mass is 19.4. The summed E-state index contributed by atoms with van der Waals surface area (Å²) in [5, 5.41) is 3.16. The number of nitrogens with one attached hydrogen (secondary N) is 1. The molecule has 0 spiro atoms. The Morgan fingerprint density at radius 1 is 1.29 bits per heavy atom. The molecule has 1 rings (SSSR count). The lowest BCUT2D eigenvalue weighted by Gasteiger charge is -2.39. The van der Waals surface area contributed by atoms with Crippen LogP contribution in [-0.4, -0.2) is 81.0 Å². The molecule has 1 aliphatic heterocycles. The lowest BCUT2D eigenvalue weighted by atomic mass is 10.2. The zero-order valence-corrected chi connectivity index (χ0v) is 12.9. The lowest BCUT2D eigenvalue weighted by Crippen LogP contribution is -2.57. The first-order valence-corrected chi connectivity index (χ1v) is 7.24. The summed E-state index contributed by atoms with van der Waals surface area (Å²) in [5.41, 5.74) is 0. The average molecular weight is 310 g/mol. The van der Waals surface area contributed by atoms with Gasteiger partial charge in [-0.25, -0.2) is 0 Å². The van der Waals surface area contributed by atoms with Crippen molar-refractivity contribution in [2.24, 2.45) is 4.99 Å². The Morgan fingerprint density at radius 3 is 2.38 bits per heavy atom. The van der Waals surface area contributed by atoms with Gasteiger partial charge >= 0.3 is 6.18 Å². The summed E-state index contributed by atoms with van der Waals surface area (Å²) in [6.07, 6.45) is -4.17. The molecule has 0 aromatic heterocycles. The van der Waals surface area contributed by atoms with Crippen LogP contribution in [-0.2, 0) is 4.74 Å². The van der Waals surface area contributed by atoms with E-state index in [1.807, 2.05) is 11.8 Å². The van der Waals surface area contributed by atoms with E-state index in [-0.39, 0.29) is 0 Å². The molecule has 0 bridgehead atoms. The number of halogens is 3. The van der Waals surface area contributed by atoms with Crippen molar-refractivity contribution in [1.82, 2.24) is 15.1 Å². The first-order valence-electron chi connectivity index (χ1n) is 7.24. The van der Waals surface area contributed by atoms with Gasteiger partial charge in [0.15, 0.2) is 5.96 Å². The van der Waals surface area contributed by atoms with Crippen LogP contribution in [0.25, 0.3) is 0 Å². The molecular weight excluding hydrogens is 285 g/mol. The Hall–Kier alpha value is -1.02. The Labute approximate surface area is 124 Å². The van der Waals surface area contributed by atoms with Crippen molar-refractivity contribution in [3.05, 3.63) is 0 Å². The first-order chi connectivity index (χ1) is 9.90. The number of rotatable bonds is 5. The van der Waals surface area contributed by atoms with Gasteiger partial charge in [-0.15, -0.1) is 0 Å². The van der Waals surface area contributed by atoms with Gasteiger partial charge in [0, 0.05) is 46.4 Å². The van der Waals surface area contributed by atoms with Gasteiger partial charge in [-0.1, -0.05) is 0 Å². The second kappa shape index (κ2) is 8.43. The minimum atomic E-state index is -4.17. The Bertz CT molecular complexity index is 328. The van der Waals surface area contributed by atoms with E-state index in [4.69, 9.17) is 4.74 Å². The van der Waals surface area contributed by atoms with Crippen LogP contribution in [0.15, 0.2) is 4.99 Å². The highest BCUT2D eigenvalue weighted by Crippen LogP contribution is 2.25. The van der Waals surface area contributed by atoms with Crippen molar-refractivity contribution in [3.8, 4) is 0 Å². The summed E-state index contributed by atoms with van der Waals surface area (Å²) < 4.78 is 43.3. The van der Waals surface area contributed by atoms with E-state index >= 15 is 0 Å². The first kappa shape index (κ1) is 18.0. The molecule has 1 fully saturated rings. The SMILES string of the molecule is CCOCCNC(=NC)N1CCN(C(C)C(F)(F)F)CC1. The zero-order valence-electron chi connectivity index (χ0n) is 12.9. The Balaban J connectivity index is 2.40. The van der Waals surface area contributed by atoms with Gasteiger partial charge in [-0.05, 0) is 13.8 Å². The highest BCUT2D eigenvalue weighted by Gasteiger charge is 2.40. The number of aliphatic imine (C=N–C) groups is 1. The Morgan fingerprint density at radius 2 is 1.90 bits per heavy atom. The average Bonchev–Trinajstić information content (AvgIpc) is 2.46. The van der Waals surface area contributed by atoms with Crippen LogP contribution >= 0.6 is 0 Å².